The zero-order valence-corrected chi connectivity index (χ0v) is 18.2. The van der Waals surface area contributed by atoms with Crippen molar-refractivity contribution in [1.82, 2.24) is 20.6 Å². The van der Waals surface area contributed by atoms with Gasteiger partial charge in [-0.15, -0.1) is 0 Å². The number of H-pyrrole nitrogens is 1. The molecule has 1 saturated heterocycles. The zero-order valence-electron chi connectivity index (χ0n) is 18.2. The van der Waals surface area contributed by atoms with Crippen LogP contribution in [0.1, 0.15) is 26.5 Å². The van der Waals surface area contributed by atoms with Gasteiger partial charge in [0.15, 0.2) is 12.0 Å². The molecule has 1 aromatic heterocycles. The number of amides is 2. The molecule has 0 saturated carbocycles. The highest BCUT2D eigenvalue weighted by Gasteiger charge is 2.25. The third-order valence-corrected chi connectivity index (χ3v) is 5.82. The predicted octanol–water partition coefficient (Wildman–Crippen LogP) is 1.93. The number of carbonyl (C=O) groups is 2. The minimum atomic E-state index is -0.492. The Hall–Kier alpha value is -4.05. The number of hydrogen-bond donors (Lipinski definition) is 6. The maximum Gasteiger partial charge on any atom is 0.276 e. The number of nitrogens with one attached hydrogen (secondary N) is 6. The van der Waals surface area contributed by atoms with Gasteiger partial charge in [0, 0.05) is 37.6 Å². The van der Waals surface area contributed by atoms with Gasteiger partial charge in [0.1, 0.15) is 5.69 Å². The van der Waals surface area contributed by atoms with E-state index >= 15 is 0 Å². The van der Waals surface area contributed by atoms with Crippen molar-refractivity contribution in [2.75, 3.05) is 47.0 Å². The van der Waals surface area contributed by atoms with Crippen molar-refractivity contribution in [3.05, 3.63) is 65.7 Å². The average Bonchev–Trinajstić information content (AvgIpc) is 3.48. The van der Waals surface area contributed by atoms with Gasteiger partial charge in [0.2, 0.25) is 0 Å². The van der Waals surface area contributed by atoms with Crippen LogP contribution in [0, 0.1) is 6.92 Å². The molecule has 2 aliphatic heterocycles. The SMILES string of the molecule is Cc1cc(N2CCNCC2)ccc1NC(=O)c1nc[nH]c1C(=O)NC1Nc2ccccc2N1. The molecule has 1 fully saturated rings. The largest absolute Gasteiger partial charge is 0.369 e. The minimum absolute atomic E-state index is 0.0357. The molecule has 2 aliphatic rings. The quantitative estimate of drug-likeness (QED) is 0.354. The maximum atomic E-state index is 12.9. The van der Waals surface area contributed by atoms with Crippen molar-refractivity contribution in [2.45, 2.75) is 13.2 Å². The lowest BCUT2D eigenvalue weighted by Crippen LogP contribution is -2.43. The predicted molar refractivity (Wildman–Crippen MR) is 128 cm³/mol. The lowest BCUT2D eigenvalue weighted by atomic mass is 10.1. The minimum Gasteiger partial charge on any atom is -0.369 e. The third kappa shape index (κ3) is 4.33. The van der Waals surface area contributed by atoms with Crippen molar-refractivity contribution in [2.24, 2.45) is 0 Å². The second-order valence-electron chi connectivity index (χ2n) is 8.06. The van der Waals surface area contributed by atoms with E-state index < -0.39 is 18.1 Å². The van der Waals surface area contributed by atoms with Crippen LogP contribution in [0.25, 0.3) is 0 Å². The van der Waals surface area contributed by atoms with E-state index in [1.807, 2.05) is 43.3 Å². The molecule has 33 heavy (non-hydrogen) atoms. The van der Waals surface area contributed by atoms with Gasteiger partial charge in [-0.1, -0.05) is 12.1 Å². The fourth-order valence-electron chi connectivity index (χ4n) is 4.09. The summed E-state index contributed by atoms with van der Waals surface area (Å²) >= 11 is 0. The lowest BCUT2D eigenvalue weighted by molar-refractivity contribution is 0.0928. The number of aromatic nitrogens is 2. The summed E-state index contributed by atoms with van der Waals surface area (Å²) in [6, 6.07) is 13.6. The van der Waals surface area contributed by atoms with E-state index in [1.165, 1.54) is 6.33 Å². The van der Waals surface area contributed by atoms with Gasteiger partial charge in [-0.05, 0) is 42.8 Å². The first kappa shape index (κ1) is 20.8. The second kappa shape index (κ2) is 8.83. The van der Waals surface area contributed by atoms with Crippen LogP contribution in [0.3, 0.4) is 0 Å². The molecule has 0 radical (unpaired) electrons. The molecule has 6 N–H and O–H groups in total. The molecule has 170 valence electrons. The Balaban J connectivity index is 1.25. The van der Waals surface area contributed by atoms with Gasteiger partial charge < -0.3 is 36.5 Å². The Labute approximate surface area is 191 Å². The number of benzene rings is 2. The summed E-state index contributed by atoms with van der Waals surface area (Å²) in [7, 11) is 0. The number of aryl methyl sites for hydroxylation is 1. The molecule has 3 aromatic rings. The van der Waals surface area contributed by atoms with Gasteiger partial charge in [0.25, 0.3) is 11.8 Å². The summed E-state index contributed by atoms with van der Waals surface area (Å²) in [6.45, 7) is 5.77. The number of para-hydroxylation sites is 2. The number of fused-ring (bicyclic) bond motifs is 1. The first-order valence-electron chi connectivity index (χ1n) is 10.9. The summed E-state index contributed by atoms with van der Waals surface area (Å²) in [6.07, 6.45) is 0.850. The average molecular weight is 447 g/mol. The first-order valence-corrected chi connectivity index (χ1v) is 10.9. The van der Waals surface area contributed by atoms with Crippen molar-refractivity contribution >= 4 is 34.6 Å². The van der Waals surface area contributed by atoms with Gasteiger partial charge in [-0.3, -0.25) is 9.59 Å². The molecule has 0 spiro atoms. The normalized spacial score (nSPS) is 15.4. The topological polar surface area (TPSA) is 126 Å². The number of rotatable bonds is 5. The van der Waals surface area contributed by atoms with Crippen molar-refractivity contribution in [1.29, 1.82) is 0 Å². The molecule has 5 rings (SSSR count). The summed E-state index contributed by atoms with van der Waals surface area (Å²) in [5.74, 6) is -0.892. The van der Waals surface area contributed by atoms with Crippen LogP contribution in [0.4, 0.5) is 22.7 Å². The second-order valence-corrected chi connectivity index (χ2v) is 8.06. The fraction of sp³-hybridized carbons (Fsp3) is 0.261. The number of piperazine rings is 1. The molecule has 3 heterocycles. The van der Waals surface area contributed by atoms with Gasteiger partial charge in [0.05, 0.1) is 17.7 Å². The Morgan fingerprint density at radius 1 is 1.03 bits per heavy atom. The molecule has 0 atom stereocenters. The van der Waals surface area contributed by atoms with Crippen molar-refractivity contribution in [3.8, 4) is 0 Å². The van der Waals surface area contributed by atoms with Crippen LogP contribution in [-0.4, -0.2) is 54.3 Å². The molecule has 0 aliphatic carbocycles. The van der Waals surface area contributed by atoms with E-state index in [0.29, 0.717) is 5.69 Å². The van der Waals surface area contributed by atoms with Crippen LogP contribution in [0.2, 0.25) is 0 Å². The van der Waals surface area contributed by atoms with E-state index in [0.717, 1.165) is 48.8 Å². The monoisotopic (exact) mass is 446 g/mol. The van der Waals surface area contributed by atoms with E-state index in [-0.39, 0.29) is 11.4 Å². The standard InChI is InChI=1S/C23H26N8O2/c1-14-12-15(31-10-8-24-9-11-31)6-7-16(14)27-21(32)19-20(26-13-25-19)22(33)30-23-28-17-4-2-3-5-18(17)29-23/h2-7,12-13,23-24,28-29H,8-11H2,1H3,(H,25,26)(H,27,32)(H,30,33). The number of imidazole rings is 1. The fourth-order valence-corrected chi connectivity index (χ4v) is 4.09. The van der Waals surface area contributed by atoms with E-state index in [2.05, 4.69) is 47.5 Å². The number of aromatic amines is 1. The van der Waals surface area contributed by atoms with Gasteiger partial charge in [-0.25, -0.2) is 4.98 Å². The number of anilines is 4. The Morgan fingerprint density at radius 2 is 1.76 bits per heavy atom. The summed E-state index contributed by atoms with van der Waals surface area (Å²) in [4.78, 5) is 34.9. The van der Waals surface area contributed by atoms with Gasteiger partial charge >= 0.3 is 0 Å². The van der Waals surface area contributed by atoms with E-state index in [9.17, 15) is 9.59 Å². The highest BCUT2D eigenvalue weighted by atomic mass is 16.2. The lowest BCUT2D eigenvalue weighted by Gasteiger charge is -2.30. The molecule has 2 aromatic carbocycles. The number of carbonyl (C=O) groups excluding carboxylic acids is 2. The summed E-state index contributed by atoms with van der Waals surface area (Å²) in [5.41, 5.74) is 4.68. The van der Waals surface area contributed by atoms with Crippen molar-refractivity contribution < 1.29 is 9.59 Å². The van der Waals surface area contributed by atoms with Crippen LogP contribution < -0.4 is 31.5 Å². The Kier molecular flexibility index (Phi) is 5.57. The van der Waals surface area contributed by atoms with E-state index in [4.69, 9.17) is 0 Å². The summed E-state index contributed by atoms with van der Waals surface area (Å²) in [5, 5.41) is 15.4. The molecule has 10 heteroatoms. The number of nitrogens with zero attached hydrogens (tertiary/aromatic N) is 2. The molecule has 0 bridgehead atoms. The molecule has 2 amide bonds. The first-order chi connectivity index (χ1) is 16.1. The van der Waals surface area contributed by atoms with Gasteiger partial charge in [-0.2, -0.15) is 0 Å². The maximum absolute atomic E-state index is 12.9. The van der Waals surface area contributed by atoms with Crippen LogP contribution >= 0.6 is 0 Å². The Bertz CT molecular complexity index is 1160. The van der Waals surface area contributed by atoms with Crippen molar-refractivity contribution in [3.63, 3.8) is 0 Å². The molecular formula is C23H26N8O2. The highest BCUT2D eigenvalue weighted by molar-refractivity contribution is 6.10. The van der Waals surface area contributed by atoms with Crippen LogP contribution in [0.5, 0.6) is 0 Å². The van der Waals surface area contributed by atoms with Crippen LogP contribution in [-0.2, 0) is 0 Å². The highest BCUT2D eigenvalue weighted by Crippen LogP contribution is 2.27. The molecule has 10 nitrogen and oxygen atoms in total. The Morgan fingerprint density at radius 3 is 2.45 bits per heavy atom. The number of hydrogen-bond acceptors (Lipinski definition) is 7. The summed E-state index contributed by atoms with van der Waals surface area (Å²) < 4.78 is 0. The van der Waals surface area contributed by atoms with Crippen LogP contribution in [0.15, 0.2) is 48.8 Å². The molecular weight excluding hydrogens is 420 g/mol. The third-order valence-electron chi connectivity index (χ3n) is 5.82. The van der Waals surface area contributed by atoms with E-state index in [1.54, 1.807) is 0 Å². The molecule has 0 unspecified atom stereocenters. The zero-order chi connectivity index (χ0) is 22.8. The smallest absolute Gasteiger partial charge is 0.276 e.